The Bertz CT molecular complexity index is 301. The first kappa shape index (κ1) is 13.1. The van der Waals surface area contributed by atoms with Crippen LogP contribution >= 0.6 is 0 Å². The predicted molar refractivity (Wildman–Crippen MR) is 60.0 cm³/mol. The van der Waals surface area contributed by atoms with Crippen LogP contribution in [0.3, 0.4) is 0 Å². The summed E-state index contributed by atoms with van der Waals surface area (Å²) < 4.78 is 10.0. The van der Waals surface area contributed by atoms with Crippen molar-refractivity contribution < 1.29 is 9.26 Å². The van der Waals surface area contributed by atoms with Gasteiger partial charge in [0.25, 0.3) is 0 Å². The molecule has 0 aromatic carbocycles. The largest absolute Gasteiger partial charge is 0.385 e. The van der Waals surface area contributed by atoms with Gasteiger partial charge in [0.1, 0.15) is 0 Å². The third-order valence-electron chi connectivity index (χ3n) is 2.12. The van der Waals surface area contributed by atoms with Gasteiger partial charge in [-0.15, -0.1) is 0 Å². The number of likely N-dealkylation sites (N-methyl/N-ethyl adjacent to an activating group) is 1. The van der Waals surface area contributed by atoms with Crippen molar-refractivity contribution in [2.75, 3.05) is 34.4 Å². The second kappa shape index (κ2) is 6.57. The number of aromatic nitrogens is 2. The molecule has 0 amide bonds. The Balaban J connectivity index is 2.44. The van der Waals surface area contributed by atoms with E-state index in [0.717, 1.165) is 12.8 Å². The average Bonchev–Trinajstić information content (AvgIpc) is 2.66. The number of aryl methyl sites for hydroxylation is 1. The Labute approximate surface area is 95.7 Å². The fourth-order valence-electron chi connectivity index (χ4n) is 1.36. The normalized spacial score (nSPS) is 13.3. The molecular weight excluding hydrogens is 208 g/mol. The molecule has 0 bridgehead atoms. The van der Waals surface area contributed by atoms with Crippen molar-refractivity contribution in [1.82, 2.24) is 15.0 Å². The molecule has 0 radical (unpaired) electrons. The molecule has 0 spiro atoms. The Morgan fingerprint density at radius 2 is 2.25 bits per heavy atom. The lowest BCUT2D eigenvalue weighted by atomic mass is 10.3. The molecule has 0 aliphatic heterocycles. The molecule has 16 heavy (non-hydrogen) atoms. The SMILES string of the molecule is COCCCc1nc(C(N)CN(C)C)no1. The highest BCUT2D eigenvalue weighted by atomic mass is 16.5. The lowest BCUT2D eigenvalue weighted by Crippen LogP contribution is -2.26. The Morgan fingerprint density at radius 1 is 1.50 bits per heavy atom. The minimum absolute atomic E-state index is 0.199. The molecule has 1 unspecified atom stereocenters. The maximum Gasteiger partial charge on any atom is 0.226 e. The summed E-state index contributed by atoms with van der Waals surface area (Å²) in [6, 6.07) is -0.199. The first-order valence-electron chi connectivity index (χ1n) is 5.35. The summed E-state index contributed by atoms with van der Waals surface area (Å²) in [5.41, 5.74) is 5.91. The van der Waals surface area contributed by atoms with Gasteiger partial charge >= 0.3 is 0 Å². The minimum Gasteiger partial charge on any atom is -0.385 e. The van der Waals surface area contributed by atoms with Crippen LogP contribution in [0.2, 0.25) is 0 Å². The van der Waals surface area contributed by atoms with Crippen LogP contribution in [0, 0.1) is 0 Å². The van der Waals surface area contributed by atoms with Gasteiger partial charge in [0.15, 0.2) is 5.82 Å². The average molecular weight is 228 g/mol. The van der Waals surface area contributed by atoms with Crippen molar-refractivity contribution in [2.45, 2.75) is 18.9 Å². The van der Waals surface area contributed by atoms with E-state index in [2.05, 4.69) is 10.1 Å². The van der Waals surface area contributed by atoms with Crippen LogP contribution in [0.1, 0.15) is 24.2 Å². The molecule has 0 aliphatic rings. The monoisotopic (exact) mass is 228 g/mol. The summed E-state index contributed by atoms with van der Waals surface area (Å²) in [4.78, 5) is 6.24. The first-order valence-corrected chi connectivity index (χ1v) is 5.35. The van der Waals surface area contributed by atoms with Gasteiger partial charge in [0.2, 0.25) is 5.89 Å². The molecule has 2 N–H and O–H groups in total. The summed E-state index contributed by atoms with van der Waals surface area (Å²) in [7, 11) is 5.59. The summed E-state index contributed by atoms with van der Waals surface area (Å²) in [6.45, 7) is 1.40. The maximum absolute atomic E-state index is 5.91. The van der Waals surface area contributed by atoms with Gasteiger partial charge in [0.05, 0.1) is 6.04 Å². The van der Waals surface area contributed by atoms with E-state index in [4.69, 9.17) is 15.0 Å². The minimum atomic E-state index is -0.199. The third-order valence-corrected chi connectivity index (χ3v) is 2.12. The van der Waals surface area contributed by atoms with Crippen molar-refractivity contribution in [1.29, 1.82) is 0 Å². The van der Waals surface area contributed by atoms with E-state index >= 15 is 0 Å². The standard InChI is InChI=1S/C10H20N4O2/c1-14(2)7-8(11)10-12-9(16-13-10)5-4-6-15-3/h8H,4-7,11H2,1-3H3. The van der Waals surface area contributed by atoms with Crippen LogP contribution in [-0.4, -0.2) is 49.4 Å². The van der Waals surface area contributed by atoms with E-state index in [0.29, 0.717) is 24.9 Å². The van der Waals surface area contributed by atoms with Gasteiger partial charge in [-0.3, -0.25) is 0 Å². The maximum atomic E-state index is 5.91. The predicted octanol–water partition coefficient (Wildman–Crippen LogP) is 0.210. The number of hydrogen-bond donors (Lipinski definition) is 1. The molecule has 6 nitrogen and oxygen atoms in total. The van der Waals surface area contributed by atoms with Gasteiger partial charge < -0.3 is 19.9 Å². The highest BCUT2D eigenvalue weighted by Gasteiger charge is 2.14. The molecule has 92 valence electrons. The van der Waals surface area contributed by atoms with Gasteiger partial charge in [-0.2, -0.15) is 4.98 Å². The van der Waals surface area contributed by atoms with E-state index in [9.17, 15) is 0 Å². The number of nitrogens with zero attached hydrogens (tertiary/aromatic N) is 3. The smallest absolute Gasteiger partial charge is 0.226 e. The molecule has 0 saturated carbocycles. The quantitative estimate of drug-likeness (QED) is 0.672. The zero-order chi connectivity index (χ0) is 12.0. The van der Waals surface area contributed by atoms with Gasteiger partial charge in [0, 0.05) is 26.7 Å². The lowest BCUT2D eigenvalue weighted by Gasteiger charge is -2.12. The highest BCUT2D eigenvalue weighted by Crippen LogP contribution is 2.08. The van der Waals surface area contributed by atoms with E-state index in [1.807, 2.05) is 19.0 Å². The van der Waals surface area contributed by atoms with Crippen molar-refractivity contribution >= 4 is 0 Å². The van der Waals surface area contributed by atoms with Crippen LogP contribution in [0.25, 0.3) is 0 Å². The molecule has 0 fully saturated rings. The van der Waals surface area contributed by atoms with E-state index in [1.54, 1.807) is 7.11 Å². The van der Waals surface area contributed by atoms with Crippen LogP contribution in [0.4, 0.5) is 0 Å². The first-order chi connectivity index (χ1) is 7.63. The van der Waals surface area contributed by atoms with E-state index in [1.165, 1.54) is 0 Å². The molecule has 1 aromatic heterocycles. The van der Waals surface area contributed by atoms with Crippen molar-refractivity contribution in [3.05, 3.63) is 11.7 Å². The lowest BCUT2D eigenvalue weighted by molar-refractivity contribution is 0.192. The summed E-state index contributed by atoms with van der Waals surface area (Å²) in [5.74, 6) is 1.20. The molecule has 6 heteroatoms. The van der Waals surface area contributed by atoms with Crippen molar-refractivity contribution in [2.24, 2.45) is 5.73 Å². The Kier molecular flexibility index (Phi) is 5.37. The van der Waals surface area contributed by atoms with Gasteiger partial charge in [-0.25, -0.2) is 0 Å². The van der Waals surface area contributed by atoms with Crippen LogP contribution in [0.5, 0.6) is 0 Å². The molecule has 1 aromatic rings. The highest BCUT2D eigenvalue weighted by molar-refractivity contribution is 4.93. The van der Waals surface area contributed by atoms with E-state index < -0.39 is 0 Å². The molecule has 1 rings (SSSR count). The number of nitrogens with two attached hydrogens (primary N) is 1. The van der Waals surface area contributed by atoms with Crippen molar-refractivity contribution in [3.8, 4) is 0 Å². The summed E-state index contributed by atoms with van der Waals surface area (Å²) in [6.07, 6.45) is 1.61. The van der Waals surface area contributed by atoms with Crippen LogP contribution < -0.4 is 5.73 Å². The van der Waals surface area contributed by atoms with Crippen LogP contribution in [-0.2, 0) is 11.2 Å². The molecule has 1 heterocycles. The number of hydrogen-bond acceptors (Lipinski definition) is 6. The molecular formula is C10H20N4O2. The fourth-order valence-corrected chi connectivity index (χ4v) is 1.36. The topological polar surface area (TPSA) is 77.4 Å². The zero-order valence-electron chi connectivity index (χ0n) is 10.1. The van der Waals surface area contributed by atoms with Gasteiger partial charge in [-0.05, 0) is 20.5 Å². The Hall–Kier alpha value is -0.980. The van der Waals surface area contributed by atoms with Crippen LogP contribution in [0.15, 0.2) is 4.52 Å². The third kappa shape index (κ3) is 4.26. The van der Waals surface area contributed by atoms with E-state index in [-0.39, 0.29) is 6.04 Å². The molecule has 0 aliphatic carbocycles. The van der Waals surface area contributed by atoms with Gasteiger partial charge in [-0.1, -0.05) is 5.16 Å². The Morgan fingerprint density at radius 3 is 2.88 bits per heavy atom. The number of rotatable bonds is 7. The molecule has 0 saturated heterocycles. The molecule has 1 atom stereocenters. The summed E-state index contributed by atoms with van der Waals surface area (Å²) in [5, 5.41) is 3.87. The second-order valence-electron chi connectivity index (χ2n) is 4.01. The fraction of sp³-hybridized carbons (Fsp3) is 0.800. The van der Waals surface area contributed by atoms with Crippen molar-refractivity contribution in [3.63, 3.8) is 0 Å². The summed E-state index contributed by atoms with van der Waals surface area (Å²) >= 11 is 0. The zero-order valence-corrected chi connectivity index (χ0v) is 10.1. The second-order valence-corrected chi connectivity index (χ2v) is 4.01. The number of ether oxygens (including phenoxy) is 1. The number of methoxy groups -OCH3 is 1.